The quantitative estimate of drug-likeness (QED) is 0.241. The highest BCUT2D eigenvalue weighted by molar-refractivity contribution is 6.46. The number of ketones is 1. The van der Waals surface area contributed by atoms with E-state index in [2.05, 4.69) is 25.7 Å². The minimum atomic E-state index is -0.896. The van der Waals surface area contributed by atoms with Crippen LogP contribution >= 0.6 is 0 Å². The van der Waals surface area contributed by atoms with E-state index in [9.17, 15) is 14.7 Å². The van der Waals surface area contributed by atoms with Crippen LogP contribution in [-0.4, -0.2) is 81.2 Å². The summed E-state index contributed by atoms with van der Waals surface area (Å²) in [5.74, 6) is -0.225. The van der Waals surface area contributed by atoms with Crippen molar-refractivity contribution in [2.45, 2.75) is 46.1 Å². The maximum Gasteiger partial charge on any atom is 0.295 e. The first kappa shape index (κ1) is 30.8. The fourth-order valence-corrected chi connectivity index (χ4v) is 5.01. The number of ether oxygens (including phenoxy) is 4. The first-order valence-electron chi connectivity index (χ1n) is 13.5. The lowest BCUT2D eigenvalue weighted by Gasteiger charge is -2.29. The SMILES string of the molecule is CCN(CC)CCN1C(=O)C(=O)/C(=C(/O)c2cc(C(C)(C)C)ccc2OC)C1c1cc(OC)c(OC)c(OC)c1. The molecule has 0 radical (unpaired) electrons. The van der Waals surface area contributed by atoms with E-state index in [-0.39, 0.29) is 23.3 Å². The molecule has 1 aliphatic rings. The number of hydrogen-bond acceptors (Lipinski definition) is 8. The summed E-state index contributed by atoms with van der Waals surface area (Å²) < 4.78 is 22.2. The minimum Gasteiger partial charge on any atom is -0.507 e. The Morgan fingerprint density at radius 1 is 0.900 bits per heavy atom. The van der Waals surface area contributed by atoms with Gasteiger partial charge in [0.05, 0.1) is 45.6 Å². The summed E-state index contributed by atoms with van der Waals surface area (Å²) in [5, 5.41) is 11.8. The lowest BCUT2D eigenvalue weighted by molar-refractivity contribution is -0.140. The summed E-state index contributed by atoms with van der Waals surface area (Å²) in [6.45, 7) is 12.7. The number of Topliss-reactive ketones (excluding diaryl/α,β-unsaturated/α-hetero) is 1. The lowest BCUT2D eigenvalue weighted by atomic mass is 9.85. The third-order valence-corrected chi connectivity index (χ3v) is 7.41. The summed E-state index contributed by atoms with van der Waals surface area (Å²) >= 11 is 0. The summed E-state index contributed by atoms with van der Waals surface area (Å²) in [6, 6.07) is 8.02. The minimum absolute atomic E-state index is 0.0248. The lowest BCUT2D eigenvalue weighted by Crippen LogP contribution is -2.38. The van der Waals surface area contributed by atoms with Crippen LogP contribution in [0.15, 0.2) is 35.9 Å². The van der Waals surface area contributed by atoms with Gasteiger partial charge in [-0.2, -0.15) is 0 Å². The summed E-state index contributed by atoms with van der Waals surface area (Å²) in [7, 11) is 6.01. The summed E-state index contributed by atoms with van der Waals surface area (Å²) in [4.78, 5) is 30.9. The Morgan fingerprint density at radius 2 is 1.48 bits per heavy atom. The van der Waals surface area contributed by atoms with E-state index in [0.717, 1.165) is 18.7 Å². The highest BCUT2D eigenvalue weighted by Crippen LogP contribution is 2.46. The Hall–Kier alpha value is -3.72. The van der Waals surface area contributed by atoms with Crippen molar-refractivity contribution in [2.24, 2.45) is 0 Å². The molecule has 2 aromatic carbocycles. The van der Waals surface area contributed by atoms with Gasteiger partial charge in [-0.15, -0.1) is 0 Å². The summed E-state index contributed by atoms with van der Waals surface area (Å²) in [6.07, 6.45) is 0. The van der Waals surface area contributed by atoms with Crippen LogP contribution in [0.2, 0.25) is 0 Å². The van der Waals surface area contributed by atoms with Crippen molar-refractivity contribution in [1.29, 1.82) is 0 Å². The Kier molecular flexibility index (Phi) is 9.73. The average Bonchev–Trinajstić information content (AvgIpc) is 3.20. The Bertz CT molecular complexity index is 1250. The van der Waals surface area contributed by atoms with Crippen LogP contribution in [0, 0.1) is 0 Å². The van der Waals surface area contributed by atoms with Gasteiger partial charge in [-0.3, -0.25) is 9.59 Å². The molecule has 1 atom stereocenters. The second-order valence-corrected chi connectivity index (χ2v) is 10.6. The molecule has 3 rings (SSSR count). The van der Waals surface area contributed by atoms with E-state index >= 15 is 0 Å². The van der Waals surface area contributed by atoms with Crippen molar-refractivity contribution in [3.05, 3.63) is 52.6 Å². The van der Waals surface area contributed by atoms with Gasteiger partial charge in [-0.1, -0.05) is 40.7 Å². The van der Waals surface area contributed by atoms with Crippen molar-refractivity contribution in [1.82, 2.24) is 9.80 Å². The van der Waals surface area contributed by atoms with E-state index in [4.69, 9.17) is 18.9 Å². The average molecular weight is 555 g/mol. The zero-order valence-electron chi connectivity index (χ0n) is 25.1. The number of nitrogens with zero attached hydrogens (tertiary/aromatic N) is 2. The Balaban J connectivity index is 2.32. The highest BCUT2D eigenvalue weighted by Gasteiger charge is 2.47. The maximum atomic E-state index is 13.7. The predicted molar refractivity (Wildman–Crippen MR) is 155 cm³/mol. The number of carbonyl (C=O) groups excluding carboxylic acids is 2. The zero-order valence-corrected chi connectivity index (χ0v) is 25.1. The van der Waals surface area contributed by atoms with Crippen LogP contribution in [0.25, 0.3) is 5.76 Å². The number of benzene rings is 2. The molecular weight excluding hydrogens is 512 g/mol. The molecule has 0 spiro atoms. The molecule has 0 aromatic heterocycles. The number of aliphatic hydroxyl groups is 1. The van der Waals surface area contributed by atoms with Gasteiger partial charge in [0.2, 0.25) is 5.75 Å². The van der Waals surface area contributed by atoms with E-state index in [0.29, 0.717) is 40.7 Å². The number of likely N-dealkylation sites (tertiary alicyclic amines) is 1. The van der Waals surface area contributed by atoms with Crippen molar-refractivity contribution < 1.29 is 33.6 Å². The van der Waals surface area contributed by atoms with Crippen LogP contribution in [-0.2, 0) is 15.0 Å². The molecule has 40 heavy (non-hydrogen) atoms. The molecule has 0 aliphatic carbocycles. The molecule has 1 saturated heterocycles. The third kappa shape index (κ3) is 5.89. The van der Waals surface area contributed by atoms with Crippen molar-refractivity contribution in [3.8, 4) is 23.0 Å². The van der Waals surface area contributed by atoms with E-state index in [1.807, 2.05) is 26.0 Å². The fourth-order valence-electron chi connectivity index (χ4n) is 5.01. The molecule has 9 nitrogen and oxygen atoms in total. The van der Waals surface area contributed by atoms with Gasteiger partial charge in [-0.05, 0) is 53.9 Å². The molecule has 1 fully saturated rings. The van der Waals surface area contributed by atoms with Gasteiger partial charge in [0.25, 0.3) is 11.7 Å². The van der Waals surface area contributed by atoms with Crippen LogP contribution in [0.3, 0.4) is 0 Å². The number of aliphatic hydroxyl groups excluding tert-OH is 1. The van der Waals surface area contributed by atoms with Crippen LogP contribution in [0.5, 0.6) is 23.0 Å². The topological polar surface area (TPSA) is 97.8 Å². The smallest absolute Gasteiger partial charge is 0.295 e. The standard InChI is InChI=1S/C31H42N2O7/c1-10-32(11-2)14-15-33-26(19-16-23(38-7)29(40-9)24(17-19)39-8)25(28(35)30(33)36)27(34)21-18-20(31(3,4)5)12-13-22(21)37-6/h12-13,16-18,26,34H,10-11,14-15H2,1-9H3/b27-25+. The second kappa shape index (κ2) is 12.6. The van der Waals surface area contributed by atoms with E-state index in [1.54, 1.807) is 18.2 Å². The van der Waals surface area contributed by atoms with Gasteiger partial charge < -0.3 is 33.9 Å². The molecule has 1 unspecified atom stereocenters. The molecular formula is C31H42N2O7. The Morgan fingerprint density at radius 3 is 1.95 bits per heavy atom. The number of likely N-dealkylation sites (N-methyl/N-ethyl adjacent to an activating group) is 1. The van der Waals surface area contributed by atoms with Crippen LogP contribution < -0.4 is 18.9 Å². The largest absolute Gasteiger partial charge is 0.507 e. The van der Waals surface area contributed by atoms with Crippen molar-refractivity contribution >= 4 is 17.4 Å². The second-order valence-electron chi connectivity index (χ2n) is 10.6. The monoisotopic (exact) mass is 554 g/mol. The van der Waals surface area contributed by atoms with Crippen molar-refractivity contribution in [3.63, 3.8) is 0 Å². The first-order chi connectivity index (χ1) is 19.0. The molecule has 0 saturated carbocycles. The van der Waals surface area contributed by atoms with E-state index < -0.39 is 17.7 Å². The van der Waals surface area contributed by atoms with Crippen molar-refractivity contribution in [2.75, 3.05) is 54.6 Å². The predicted octanol–water partition coefficient (Wildman–Crippen LogP) is 4.78. The molecule has 1 N–H and O–H groups in total. The molecule has 2 aromatic rings. The van der Waals surface area contributed by atoms with Gasteiger partial charge in [0.1, 0.15) is 11.5 Å². The first-order valence-corrected chi connectivity index (χ1v) is 13.5. The van der Waals surface area contributed by atoms with Gasteiger partial charge in [-0.25, -0.2) is 0 Å². The van der Waals surface area contributed by atoms with E-state index in [1.165, 1.54) is 33.3 Å². The number of carbonyl (C=O) groups is 2. The molecule has 1 aliphatic heterocycles. The number of rotatable bonds is 11. The van der Waals surface area contributed by atoms with Gasteiger partial charge >= 0.3 is 0 Å². The van der Waals surface area contributed by atoms with Gasteiger partial charge in [0.15, 0.2) is 11.5 Å². The molecule has 1 heterocycles. The maximum absolute atomic E-state index is 13.7. The molecule has 0 bridgehead atoms. The number of methoxy groups -OCH3 is 4. The number of amides is 1. The van der Waals surface area contributed by atoms with Crippen LogP contribution in [0.1, 0.15) is 57.4 Å². The molecule has 1 amide bonds. The highest BCUT2D eigenvalue weighted by atomic mass is 16.5. The fraction of sp³-hybridized carbons (Fsp3) is 0.484. The Labute approximate surface area is 237 Å². The van der Waals surface area contributed by atoms with Crippen LogP contribution in [0.4, 0.5) is 0 Å². The zero-order chi connectivity index (χ0) is 29.8. The normalized spacial score (nSPS) is 16.9. The molecule has 218 valence electrons. The third-order valence-electron chi connectivity index (χ3n) is 7.41. The number of hydrogen-bond donors (Lipinski definition) is 1. The molecule has 9 heteroatoms. The van der Waals surface area contributed by atoms with Gasteiger partial charge in [0, 0.05) is 13.1 Å². The summed E-state index contributed by atoms with van der Waals surface area (Å²) in [5.41, 5.74) is 1.57.